The summed E-state index contributed by atoms with van der Waals surface area (Å²) in [6.45, 7) is 0. The summed E-state index contributed by atoms with van der Waals surface area (Å²) < 4.78 is 0. The van der Waals surface area contributed by atoms with Crippen LogP contribution in [0.3, 0.4) is 0 Å². The number of carbonyl (C=O) groups excluding carboxylic acids is 4. The molecule has 22 heavy (non-hydrogen) atoms. The molecule has 1 saturated heterocycles. The van der Waals surface area contributed by atoms with Crippen LogP contribution in [-0.4, -0.2) is 44.7 Å². The SMILES string of the molecule is O=C1NC(=O)C(C(=O)NC23CC(c4cn[nH]n4)(C2)C3)C(=O)N1. The number of hydrogen-bond donors (Lipinski definition) is 4. The summed E-state index contributed by atoms with van der Waals surface area (Å²) in [5.74, 6) is -4.01. The van der Waals surface area contributed by atoms with Crippen LogP contribution in [0.4, 0.5) is 4.79 Å². The minimum atomic E-state index is -1.53. The van der Waals surface area contributed by atoms with E-state index in [1.165, 1.54) is 0 Å². The molecule has 1 aromatic rings. The Morgan fingerprint density at radius 3 is 2.36 bits per heavy atom. The van der Waals surface area contributed by atoms with Gasteiger partial charge in [-0.15, -0.1) is 0 Å². The fourth-order valence-electron chi connectivity index (χ4n) is 3.74. The first-order valence-electron chi connectivity index (χ1n) is 6.77. The second kappa shape index (κ2) is 3.90. The van der Waals surface area contributed by atoms with E-state index in [0.29, 0.717) is 19.3 Å². The molecular formula is C12H12N6O4. The van der Waals surface area contributed by atoms with Crippen molar-refractivity contribution in [2.45, 2.75) is 30.2 Å². The highest BCUT2D eigenvalue weighted by Gasteiger charge is 2.70. The molecular weight excluding hydrogens is 292 g/mol. The quantitative estimate of drug-likeness (QED) is 0.479. The molecule has 4 aliphatic rings. The molecule has 3 saturated carbocycles. The predicted molar refractivity (Wildman–Crippen MR) is 68.0 cm³/mol. The van der Waals surface area contributed by atoms with E-state index in [2.05, 4.69) is 20.7 Å². The number of amides is 5. The van der Waals surface area contributed by atoms with E-state index in [0.717, 1.165) is 5.69 Å². The number of carbonyl (C=O) groups is 4. The maximum Gasteiger partial charge on any atom is 0.328 e. The Labute approximate surface area is 123 Å². The van der Waals surface area contributed by atoms with E-state index >= 15 is 0 Å². The average molecular weight is 304 g/mol. The van der Waals surface area contributed by atoms with Crippen LogP contribution in [0.25, 0.3) is 0 Å². The van der Waals surface area contributed by atoms with Crippen LogP contribution in [0.15, 0.2) is 6.20 Å². The Bertz CT molecular complexity index is 671. The zero-order chi connectivity index (χ0) is 15.5. The summed E-state index contributed by atoms with van der Waals surface area (Å²) in [5, 5.41) is 17.0. The van der Waals surface area contributed by atoms with Crippen LogP contribution in [0.1, 0.15) is 25.0 Å². The van der Waals surface area contributed by atoms with Crippen LogP contribution >= 0.6 is 0 Å². The number of nitrogens with one attached hydrogen (secondary N) is 4. The van der Waals surface area contributed by atoms with Crippen molar-refractivity contribution in [2.24, 2.45) is 5.92 Å². The third-order valence-corrected chi connectivity index (χ3v) is 4.64. The van der Waals surface area contributed by atoms with Gasteiger partial charge in [0.05, 0.1) is 11.9 Å². The number of rotatable bonds is 3. The van der Waals surface area contributed by atoms with Gasteiger partial charge in [0.25, 0.3) is 0 Å². The number of urea groups is 1. The number of nitrogens with zero attached hydrogens (tertiary/aromatic N) is 2. The van der Waals surface area contributed by atoms with E-state index in [-0.39, 0.29) is 5.41 Å². The van der Waals surface area contributed by atoms with Gasteiger partial charge in [-0.05, 0) is 19.3 Å². The molecule has 0 aromatic carbocycles. The van der Waals surface area contributed by atoms with E-state index < -0.39 is 35.2 Å². The Hall–Kier alpha value is -2.78. The molecule has 4 fully saturated rings. The van der Waals surface area contributed by atoms with Crippen molar-refractivity contribution >= 4 is 23.8 Å². The lowest BCUT2D eigenvalue weighted by molar-refractivity contribution is -0.151. The maximum absolute atomic E-state index is 12.2. The zero-order valence-corrected chi connectivity index (χ0v) is 11.3. The smallest absolute Gasteiger partial charge is 0.328 e. The van der Waals surface area contributed by atoms with Crippen molar-refractivity contribution in [3.05, 3.63) is 11.9 Å². The molecule has 0 spiro atoms. The Kier molecular flexibility index (Phi) is 2.29. The number of imide groups is 2. The number of aromatic nitrogens is 3. The highest BCUT2D eigenvalue weighted by molar-refractivity contribution is 6.26. The van der Waals surface area contributed by atoms with Crippen molar-refractivity contribution in [2.75, 3.05) is 0 Å². The van der Waals surface area contributed by atoms with E-state index in [1.807, 2.05) is 10.6 Å². The van der Waals surface area contributed by atoms with Crippen molar-refractivity contribution < 1.29 is 19.2 Å². The molecule has 114 valence electrons. The number of aromatic amines is 1. The monoisotopic (exact) mass is 304 g/mol. The largest absolute Gasteiger partial charge is 0.349 e. The normalized spacial score (nSPS) is 33.4. The fourth-order valence-corrected chi connectivity index (χ4v) is 3.74. The molecule has 10 heteroatoms. The average Bonchev–Trinajstić information content (AvgIpc) is 2.83. The van der Waals surface area contributed by atoms with Crippen molar-refractivity contribution in [3.63, 3.8) is 0 Å². The summed E-state index contributed by atoms with van der Waals surface area (Å²) in [6.07, 6.45) is 3.77. The lowest BCUT2D eigenvalue weighted by atomic mass is 9.38. The van der Waals surface area contributed by atoms with E-state index in [4.69, 9.17) is 0 Å². The number of H-pyrrole nitrogens is 1. The minimum absolute atomic E-state index is 0.0622. The molecule has 4 N–H and O–H groups in total. The van der Waals surface area contributed by atoms with Gasteiger partial charge in [0.15, 0.2) is 5.92 Å². The Balaban J connectivity index is 1.42. The minimum Gasteiger partial charge on any atom is -0.349 e. The number of barbiturate groups is 1. The summed E-state index contributed by atoms with van der Waals surface area (Å²) in [6, 6.07) is -0.908. The van der Waals surface area contributed by atoms with E-state index in [9.17, 15) is 19.2 Å². The predicted octanol–water partition coefficient (Wildman–Crippen LogP) is -1.92. The zero-order valence-electron chi connectivity index (χ0n) is 11.3. The van der Waals surface area contributed by atoms with Gasteiger partial charge in [0.1, 0.15) is 0 Å². The van der Waals surface area contributed by atoms with Crippen molar-refractivity contribution in [1.82, 2.24) is 31.4 Å². The number of hydrogen-bond acceptors (Lipinski definition) is 6. The van der Waals surface area contributed by atoms with Gasteiger partial charge in [0, 0.05) is 11.0 Å². The standard InChI is InChI=1S/C12H12N6O4/c19-7-6(8(20)15-10(22)14-7)9(21)16-12-2-11(3-12,4-12)5-1-13-18-17-5/h1,6H,2-4H2,(H,16,21)(H,13,17,18)(H2,14,15,19,20,22). The van der Waals surface area contributed by atoms with Gasteiger partial charge in [-0.2, -0.15) is 15.4 Å². The molecule has 2 heterocycles. The summed E-state index contributed by atoms with van der Waals surface area (Å²) in [5.41, 5.74) is 0.410. The summed E-state index contributed by atoms with van der Waals surface area (Å²) in [4.78, 5) is 46.4. The second-order valence-corrected chi connectivity index (χ2v) is 6.18. The van der Waals surface area contributed by atoms with Gasteiger partial charge in [-0.1, -0.05) is 0 Å². The second-order valence-electron chi connectivity index (χ2n) is 6.18. The molecule has 0 radical (unpaired) electrons. The molecule has 2 bridgehead atoms. The van der Waals surface area contributed by atoms with Gasteiger partial charge in [0.2, 0.25) is 17.7 Å². The third-order valence-electron chi connectivity index (χ3n) is 4.64. The van der Waals surface area contributed by atoms with E-state index in [1.54, 1.807) is 6.20 Å². The van der Waals surface area contributed by atoms with Crippen LogP contribution in [0, 0.1) is 5.92 Å². The highest BCUT2D eigenvalue weighted by Crippen LogP contribution is 2.67. The first-order chi connectivity index (χ1) is 10.4. The lowest BCUT2D eigenvalue weighted by Crippen LogP contribution is -2.78. The van der Waals surface area contributed by atoms with Crippen molar-refractivity contribution in [1.29, 1.82) is 0 Å². The van der Waals surface area contributed by atoms with Crippen molar-refractivity contribution in [3.8, 4) is 0 Å². The third kappa shape index (κ3) is 1.60. The summed E-state index contributed by atoms with van der Waals surface area (Å²) in [7, 11) is 0. The lowest BCUT2D eigenvalue weighted by Gasteiger charge is -2.69. The molecule has 0 unspecified atom stereocenters. The van der Waals surface area contributed by atoms with Gasteiger partial charge in [-0.3, -0.25) is 25.0 Å². The topological polar surface area (TPSA) is 146 Å². The molecule has 0 atom stereocenters. The molecule has 1 aliphatic heterocycles. The first-order valence-corrected chi connectivity index (χ1v) is 6.77. The highest BCUT2D eigenvalue weighted by atomic mass is 16.2. The van der Waals surface area contributed by atoms with Crippen LogP contribution in [0.2, 0.25) is 0 Å². The summed E-state index contributed by atoms with van der Waals surface area (Å²) >= 11 is 0. The fraction of sp³-hybridized carbons (Fsp3) is 0.500. The molecule has 5 rings (SSSR count). The van der Waals surface area contributed by atoms with Gasteiger partial charge in [-0.25, -0.2) is 4.79 Å². The van der Waals surface area contributed by atoms with Crippen LogP contribution in [-0.2, 0) is 19.8 Å². The molecule has 1 aromatic heterocycles. The van der Waals surface area contributed by atoms with Crippen LogP contribution in [0.5, 0.6) is 0 Å². The Morgan fingerprint density at radius 1 is 1.18 bits per heavy atom. The maximum atomic E-state index is 12.2. The Morgan fingerprint density at radius 2 is 1.82 bits per heavy atom. The molecule has 3 aliphatic carbocycles. The van der Waals surface area contributed by atoms with Gasteiger partial charge < -0.3 is 5.32 Å². The molecule has 10 nitrogen and oxygen atoms in total. The van der Waals surface area contributed by atoms with Gasteiger partial charge >= 0.3 is 6.03 Å². The molecule has 5 amide bonds. The first kappa shape index (κ1) is 12.9. The van der Waals surface area contributed by atoms with Crippen LogP contribution < -0.4 is 16.0 Å².